The first kappa shape index (κ1) is 21.2. The minimum atomic E-state index is -3.03. The van der Waals surface area contributed by atoms with Crippen molar-refractivity contribution in [1.29, 1.82) is 0 Å². The van der Waals surface area contributed by atoms with Crippen LogP contribution in [0.2, 0.25) is 5.02 Å². The van der Waals surface area contributed by atoms with Crippen LogP contribution in [-0.4, -0.2) is 36.6 Å². The van der Waals surface area contributed by atoms with Crippen LogP contribution in [0.5, 0.6) is 5.75 Å². The summed E-state index contributed by atoms with van der Waals surface area (Å²) in [6, 6.07) is 11.8. The van der Waals surface area contributed by atoms with Crippen LogP contribution in [0.1, 0.15) is 12.0 Å². The normalized spacial score (nSPS) is 15.8. The number of ether oxygens (including phenoxy) is 1. The largest absolute Gasteiger partial charge is 0.433 e. The number of anilines is 1. The van der Waals surface area contributed by atoms with E-state index in [1.807, 2.05) is 0 Å². The Morgan fingerprint density at radius 2 is 2.00 bits per heavy atom. The lowest BCUT2D eigenvalue weighted by Gasteiger charge is -2.12. The molecule has 156 valence electrons. The molecular weight excluding hydrogens is 420 g/mol. The molecule has 1 atom stereocenters. The lowest BCUT2D eigenvalue weighted by molar-refractivity contribution is -0.123. The third kappa shape index (κ3) is 5.74. The molecule has 1 heterocycles. The molecule has 11 heteroatoms. The fraction of sp³-hybridized carbons (Fsp3) is 0.158. The van der Waals surface area contributed by atoms with E-state index in [0.717, 1.165) is 0 Å². The Kier molecular flexibility index (Phi) is 6.91. The van der Waals surface area contributed by atoms with Gasteiger partial charge in [-0.05, 0) is 18.2 Å². The average Bonchev–Trinajstić information content (AvgIpc) is 3.03. The van der Waals surface area contributed by atoms with Crippen LogP contribution in [0.4, 0.5) is 14.5 Å². The number of benzene rings is 2. The van der Waals surface area contributed by atoms with E-state index in [0.29, 0.717) is 10.6 Å². The highest BCUT2D eigenvalue weighted by atomic mass is 35.5. The summed E-state index contributed by atoms with van der Waals surface area (Å²) in [7, 11) is 0. The van der Waals surface area contributed by atoms with Crippen molar-refractivity contribution in [1.82, 2.24) is 10.7 Å². The molecule has 3 N–H and O–H groups in total. The standard InChI is InChI=1S/C19H16ClF2N5O3/c20-12-6-2-1-5-11(12)10-23-27-19-25-14(17(29)26-19)9-16(28)24-13-7-3-4-8-15(13)30-18(21)22/h1-8,10,14,18H,9H2,(H,24,28)(H2,25,26,27,29)/b23-10-/t14-/m0/s1. The highest BCUT2D eigenvalue weighted by Gasteiger charge is 2.28. The maximum absolute atomic E-state index is 12.5. The van der Waals surface area contributed by atoms with Crippen molar-refractivity contribution < 1.29 is 23.1 Å². The quantitative estimate of drug-likeness (QED) is 0.459. The first-order valence-corrected chi connectivity index (χ1v) is 9.06. The minimum Gasteiger partial charge on any atom is -0.433 e. The summed E-state index contributed by atoms with van der Waals surface area (Å²) in [6.07, 6.45) is 1.16. The van der Waals surface area contributed by atoms with Gasteiger partial charge in [-0.15, -0.1) is 0 Å². The van der Waals surface area contributed by atoms with Gasteiger partial charge in [-0.25, -0.2) is 10.4 Å². The minimum absolute atomic E-state index is 0.0628. The van der Waals surface area contributed by atoms with E-state index in [9.17, 15) is 18.4 Å². The van der Waals surface area contributed by atoms with Gasteiger partial charge < -0.3 is 10.1 Å². The number of hydrogen-bond acceptors (Lipinski definition) is 6. The molecule has 2 aromatic rings. The van der Waals surface area contributed by atoms with Gasteiger partial charge in [-0.2, -0.15) is 13.9 Å². The van der Waals surface area contributed by atoms with E-state index in [-0.39, 0.29) is 23.8 Å². The number of guanidine groups is 1. The Morgan fingerprint density at radius 3 is 2.77 bits per heavy atom. The second-order valence-electron chi connectivity index (χ2n) is 6.00. The van der Waals surface area contributed by atoms with Gasteiger partial charge in [0.2, 0.25) is 11.9 Å². The molecule has 1 aliphatic heterocycles. The molecule has 2 aromatic carbocycles. The number of alkyl halides is 2. The molecule has 1 aliphatic rings. The van der Waals surface area contributed by atoms with Gasteiger partial charge in [-0.1, -0.05) is 41.9 Å². The number of aliphatic imine (C=N–C) groups is 1. The number of carbonyl (C=O) groups is 2. The van der Waals surface area contributed by atoms with E-state index >= 15 is 0 Å². The first-order chi connectivity index (χ1) is 14.4. The SMILES string of the molecule is O=C(C[C@@H]1N=C(N/N=C\c2ccccc2Cl)NC1=O)Nc1ccccc1OC(F)F. The van der Waals surface area contributed by atoms with E-state index < -0.39 is 24.5 Å². The van der Waals surface area contributed by atoms with Crippen molar-refractivity contribution in [3.63, 3.8) is 0 Å². The van der Waals surface area contributed by atoms with Crippen molar-refractivity contribution in [3.8, 4) is 5.75 Å². The topological polar surface area (TPSA) is 104 Å². The third-order valence-corrected chi connectivity index (χ3v) is 4.21. The number of halogens is 3. The summed E-state index contributed by atoms with van der Waals surface area (Å²) >= 11 is 6.01. The maximum Gasteiger partial charge on any atom is 0.387 e. The Hall–Kier alpha value is -3.53. The zero-order valence-electron chi connectivity index (χ0n) is 15.3. The van der Waals surface area contributed by atoms with Crippen LogP contribution in [-0.2, 0) is 9.59 Å². The smallest absolute Gasteiger partial charge is 0.387 e. The number of hydrogen-bond donors (Lipinski definition) is 3. The molecule has 0 saturated heterocycles. The van der Waals surface area contributed by atoms with E-state index in [1.165, 1.54) is 24.4 Å². The molecule has 0 aromatic heterocycles. The van der Waals surface area contributed by atoms with Gasteiger partial charge in [0, 0.05) is 10.6 Å². The fourth-order valence-electron chi connectivity index (χ4n) is 2.53. The summed E-state index contributed by atoms with van der Waals surface area (Å²) in [5.74, 6) is -1.21. The summed E-state index contributed by atoms with van der Waals surface area (Å²) in [5.41, 5.74) is 3.29. The number of carbonyl (C=O) groups excluding carboxylic acids is 2. The lowest BCUT2D eigenvalue weighted by atomic mass is 10.2. The number of amides is 2. The van der Waals surface area contributed by atoms with Gasteiger partial charge in [0.1, 0.15) is 11.8 Å². The Balaban J connectivity index is 1.58. The van der Waals surface area contributed by atoms with E-state index in [1.54, 1.807) is 30.3 Å². The molecule has 0 unspecified atom stereocenters. The Morgan fingerprint density at radius 1 is 1.27 bits per heavy atom. The van der Waals surface area contributed by atoms with Gasteiger partial charge in [0.25, 0.3) is 5.91 Å². The lowest BCUT2D eigenvalue weighted by Crippen LogP contribution is -2.35. The third-order valence-electron chi connectivity index (χ3n) is 3.86. The molecule has 8 nitrogen and oxygen atoms in total. The van der Waals surface area contributed by atoms with Gasteiger partial charge in [0.05, 0.1) is 18.3 Å². The highest BCUT2D eigenvalue weighted by molar-refractivity contribution is 6.33. The molecule has 0 fully saturated rings. The van der Waals surface area contributed by atoms with Crippen LogP contribution in [0.15, 0.2) is 58.6 Å². The average molecular weight is 436 g/mol. The molecule has 30 heavy (non-hydrogen) atoms. The van der Waals surface area contributed by atoms with Crippen LogP contribution < -0.4 is 20.8 Å². The number of para-hydroxylation sites is 2. The zero-order valence-corrected chi connectivity index (χ0v) is 16.1. The van der Waals surface area contributed by atoms with Gasteiger partial charge >= 0.3 is 6.61 Å². The molecule has 0 spiro atoms. The van der Waals surface area contributed by atoms with Crippen molar-refractivity contribution in [2.24, 2.45) is 10.1 Å². The number of rotatable bonds is 7. The number of nitrogens with one attached hydrogen (secondary N) is 3. The molecule has 0 aliphatic carbocycles. The van der Waals surface area contributed by atoms with Crippen molar-refractivity contribution in [2.75, 3.05) is 5.32 Å². The van der Waals surface area contributed by atoms with Crippen molar-refractivity contribution in [3.05, 3.63) is 59.1 Å². The summed E-state index contributed by atoms with van der Waals surface area (Å²) in [6.45, 7) is -3.03. The van der Waals surface area contributed by atoms with E-state index in [4.69, 9.17) is 11.6 Å². The molecular formula is C19H16ClF2N5O3. The number of nitrogens with zero attached hydrogens (tertiary/aromatic N) is 2. The monoisotopic (exact) mass is 435 g/mol. The Labute approximate surface area is 175 Å². The second-order valence-corrected chi connectivity index (χ2v) is 6.41. The van der Waals surface area contributed by atoms with Gasteiger partial charge in [0.15, 0.2) is 0 Å². The summed E-state index contributed by atoms with van der Waals surface area (Å²) < 4.78 is 29.3. The molecule has 2 amide bonds. The van der Waals surface area contributed by atoms with Crippen LogP contribution >= 0.6 is 11.6 Å². The summed E-state index contributed by atoms with van der Waals surface area (Å²) in [5, 5.41) is 9.35. The molecule has 0 saturated carbocycles. The second kappa shape index (κ2) is 9.79. The van der Waals surface area contributed by atoms with Crippen molar-refractivity contribution in [2.45, 2.75) is 19.1 Å². The van der Waals surface area contributed by atoms with Gasteiger partial charge in [-0.3, -0.25) is 14.9 Å². The fourth-order valence-corrected chi connectivity index (χ4v) is 2.71. The van der Waals surface area contributed by atoms with Crippen LogP contribution in [0.3, 0.4) is 0 Å². The summed E-state index contributed by atoms with van der Waals surface area (Å²) in [4.78, 5) is 28.3. The maximum atomic E-state index is 12.5. The predicted molar refractivity (Wildman–Crippen MR) is 108 cm³/mol. The molecule has 3 rings (SSSR count). The van der Waals surface area contributed by atoms with Crippen LogP contribution in [0, 0.1) is 0 Å². The molecule has 0 radical (unpaired) electrons. The highest BCUT2D eigenvalue weighted by Crippen LogP contribution is 2.25. The Bertz CT molecular complexity index is 1000. The van der Waals surface area contributed by atoms with Crippen molar-refractivity contribution >= 4 is 41.3 Å². The first-order valence-electron chi connectivity index (χ1n) is 8.68. The zero-order chi connectivity index (χ0) is 21.5. The molecule has 0 bridgehead atoms. The number of hydrazone groups is 1. The van der Waals surface area contributed by atoms with E-state index in [2.05, 4.69) is 30.9 Å². The predicted octanol–water partition coefficient (Wildman–Crippen LogP) is 2.75. The van der Waals surface area contributed by atoms with Crippen LogP contribution in [0.25, 0.3) is 0 Å².